The van der Waals surface area contributed by atoms with Crippen molar-refractivity contribution in [1.82, 2.24) is 9.88 Å². The van der Waals surface area contributed by atoms with Gasteiger partial charge in [-0.25, -0.2) is 0 Å². The van der Waals surface area contributed by atoms with Crippen molar-refractivity contribution in [2.75, 3.05) is 20.2 Å². The van der Waals surface area contributed by atoms with Crippen LogP contribution in [0.5, 0.6) is 11.5 Å². The monoisotopic (exact) mass is 340 g/mol. The molecule has 6 nitrogen and oxygen atoms in total. The Labute approximate surface area is 146 Å². The Morgan fingerprint density at radius 3 is 2.68 bits per heavy atom. The van der Waals surface area contributed by atoms with Gasteiger partial charge in [0.25, 0.3) is 5.91 Å². The molecule has 0 spiro atoms. The maximum atomic E-state index is 12.9. The second-order valence-electron chi connectivity index (χ2n) is 6.10. The molecule has 0 unspecified atom stereocenters. The fraction of sp³-hybridized carbons (Fsp3) is 0.316. The highest BCUT2D eigenvalue weighted by Gasteiger charge is 2.38. The number of methoxy groups -OCH3 is 1. The Morgan fingerprint density at radius 2 is 1.96 bits per heavy atom. The summed E-state index contributed by atoms with van der Waals surface area (Å²) in [5, 5.41) is 0. The number of pyridine rings is 1. The Kier molecular flexibility index (Phi) is 4.97. The molecule has 1 amide bonds. The Hall–Kier alpha value is -2.89. The summed E-state index contributed by atoms with van der Waals surface area (Å²) in [4.78, 5) is 30.5. The van der Waals surface area contributed by atoms with Crippen LogP contribution in [-0.4, -0.2) is 42.0 Å². The molecule has 6 heteroatoms. The molecule has 1 saturated heterocycles. The second-order valence-corrected chi connectivity index (χ2v) is 6.10. The van der Waals surface area contributed by atoms with Crippen LogP contribution in [0, 0.1) is 11.8 Å². The van der Waals surface area contributed by atoms with E-state index in [1.807, 2.05) is 13.0 Å². The van der Waals surface area contributed by atoms with Crippen LogP contribution < -0.4 is 4.74 Å². The standard InChI is InChI=1S/C19H20N2O4/c1-13-11-21(12-16(13)19(23)24-2)18(22)15-7-3-4-8-17(15)25-14-6-5-9-20-10-14/h3-10,13,16H,11-12H2,1-2H3/t13-,16-/m1/s1. The van der Waals surface area contributed by atoms with E-state index in [2.05, 4.69) is 4.98 Å². The first kappa shape index (κ1) is 17.0. The van der Waals surface area contributed by atoms with E-state index in [1.54, 1.807) is 47.6 Å². The van der Waals surface area contributed by atoms with E-state index in [9.17, 15) is 9.59 Å². The number of likely N-dealkylation sites (tertiary alicyclic amines) is 1. The van der Waals surface area contributed by atoms with Crippen molar-refractivity contribution in [3.8, 4) is 11.5 Å². The van der Waals surface area contributed by atoms with Crippen molar-refractivity contribution in [2.45, 2.75) is 6.92 Å². The number of amides is 1. The van der Waals surface area contributed by atoms with Gasteiger partial charge in [0.15, 0.2) is 0 Å². The Balaban J connectivity index is 1.80. The molecule has 2 atom stereocenters. The highest BCUT2D eigenvalue weighted by molar-refractivity contribution is 5.97. The number of rotatable bonds is 4. The van der Waals surface area contributed by atoms with E-state index in [1.165, 1.54) is 7.11 Å². The van der Waals surface area contributed by atoms with Gasteiger partial charge >= 0.3 is 5.97 Å². The van der Waals surface area contributed by atoms with Crippen LogP contribution in [0.4, 0.5) is 0 Å². The van der Waals surface area contributed by atoms with E-state index in [0.717, 1.165) is 0 Å². The summed E-state index contributed by atoms with van der Waals surface area (Å²) in [6, 6.07) is 10.6. The summed E-state index contributed by atoms with van der Waals surface area (Å²) in [6.45, 7) is 2.82. The second kappa shape index (κ2) is 7.34. The smallest absolute Gasteiger partial charge is 0.310 e. The maximum Gasteiger partial charge on any atom is 0.310 e. The molecule has 1 aromatic carbocycles. The number of carbonyl (C=O) groups is 2. The molecule has 25 heavy (non-hydrogen) atoms. The number of esters is 1. The van der Waals surface area contributed by atoms with Crippen LogP contribution in [0.1, 0.15) is 17.3 Å². The molecule has 0 aliphatic carbocycles. The Morgan fingerprint density at radius 1 is 1.16 bits per heavy atom. The van der Waals surface area contributed by atoms with Crippen LogP contribution in [0.2, 0.25) is 0 Å². The fourth-order valence-electron chi connectivity index (χ4n) is 3.03. The number of para-hydroxylation sites is 1. The van der Waals surface area contributed by atoms with Gasteiger partial charge in [-0.1, -0.05) is 19.1 Å². The maximum absolute atomic E-state index is 12.9. The summed E-state index contributed by atoms with van der Waals surface area (Å²) >= 11 is 0. The van der Waals surface area contributed by atoms with Crippen molar-refractivity contribution in [3.05, 3.63) is 54.4 Å². The first-order valence-corrected chi connectivity index (χ1v) is 8.14. The zero-order chi connectivity index (χ0) is 17.8. The quantitative estimate of drug-likeness (QED) is 0.801. The molecule has 1 aliphatic heterocycles. The molecule has 0 bridgehead atoms. The molecule has 3 rings (SSSR count). The van der Waals surface area contributed by atoms with E-state index in [4.69, 9.17) is 9.47 Å². The number of benzene rings is 1. The van der Waals surface area contributed by atoms with Gasteiger partial charge in [0, 0.05) is 19.3 Å². The number of carbonyl (C=O) groups excluding carboxylic acids is 2. The average molecular weight is 340 g/mol. The predicted octanol–water partition coefficient (Wildman–Crippen LogP) is 2.76. The highest BCUT2D eigenvalue weighted by Crippen LogP contribution is 2.30. The van der Waals surface area contributed by atoms with Gasteiger partial charge in [-0.15, -0.1) is 0 Å². The number of aromatic nitrogens is 1. The lowest BCUT2D eigenvalue weighted by Crippen LogP contribution is -2.30. The first-order valence-electron chi connectivity index (χ1n) is 8.14. The lowest BCUT2D eigenvalue weighted by Gasteiger charge is -2.18. The average Bonchev–Trinajstić information content (AvgIpc) is 3.03. The Bertz CT molecular complexity index is 763. The molecule has 1 aliphatic rings. The van der Waals surface area contributed by atoms with Crippen molar-refractivity contribution in [2.24, 2.45) is 11.8 Å². The zero-order valence-corrected chi connectivity index (χ0v) is 14.2. The van der Waals surface area contributed by atoms with Gasteiger partial charge in [-0.05, 0) is 30.2 Å². The third-order valence-corrected chi connectivity index (χ3v) is 4.38. The summed E-state index contributed by atoms with van der Waals surface area (Å²) in [5.74, 6) is 0.364. The summed E-state index contributed by atoms with van der Waals surface area (Å²) < 4.78 is 10.6. The van der Waals surface area contributed by atoms with E-state index < -0.39 is 0 Å². The van der Waals surface area contributed by atoms with E-state index in [0.29, 0.717) is 30.2 Å². The third-order valence-electron chi connectivity index (χ3n) is 4.38. The van der Waals surface area contributed by atoms with Gasteiger partial charge in [-0.2, -0.15) is 0 Å². The summed E-state index contributed by atoms with van der Waals surface area (Å²) in [7, 11) is 1.37. The van der Waals surface area contributed by atoms with Crippen LogP contribution >= 0.6 is 0 Å². The number of hydrogen-bond acceptors (Lipinski definition) is 5. The molecular weight excluding hydrogens is 320 g/mol. The number of nitrogens with zero attached hydrogens (tertiary/aromatic N) is 2. The fourth-order valence-corrected chi connectivity index (χ4v) is 3.03. The van der Waals surface area contributed by atoms with Crippen LogP contribution in [0.3, 0.4) is 0 Å². The van der Waals surface area contributed by atoms with E-state index in [-0.39, 0.29) is 23.7 Å². The molecule has 0 radical (unpaired) electrons. The van der Waals surface area contributed by atoms with Gasteiger partial charge in [0.05, 0.1) is 24.8 Å². The minimum Gasteiger partial charge on any atom is -0.469 e. The SMILES string of the molecule is COC(=O)[C@@H]1CN(C(=O)c2ccccc2Oc2cccnc2)C[C@H]1C. The minimum absolute atomic E-state index is 0.0582. The largest absolute Gasteiger partial charge is 0.469 e. The number of hydrogen-bond donors (Lipinski definition) is 0. The molecule has 130 valence electrons. The highest BCUT2D eigenvalue weighted by atomic mass is 16.5. The van der Waals surface area contributed by atoms with Gasteiger partial charge in [-0.3, -0.25) is 14.6 Å². The molecular formula is C19H20N2O4. The van der Waals surface area contributed by atoms with Crippen molar-refractivity contribution in [3.63, 3.8) is 0 Å². The number of ether oxygens (including phenoxy) is 2. The van der Waals surface area contributed by atoms with Gasteiger partial charge in [0.1, 0.15) is 11.5 Å². The normalized spacial score (nSPS) is 19.5. The van der Waals surface area contributed by atoms with Crippen LogP contribution in [0.25, 0.3) is 0 Å². The predicted molar refractivity (Wildman–Crippen MR) is 91.3 cm³/mol. The van der Waals surface area contributed by atoms with Crippen molar-refractivity contribution < 1.29 is 19.1 Å². The lowest BCUT2D eigenvalue weighted by molar-refractivity contribution is -0.146. The lowest BCUT2D eigenvalue weighted by atomic mass is 9.99. The molecule has 2 heterocycles. The topological polar surface area (TPSA) is 68.7 Å². The molecule has 1 aromatic heterocycles. The third kappa shape index (κ3) is 3.63. The van der Waals surface area contributed by atoms with Crippen LogP contribution in [-0.2, 0) is 9.53 Å². The van der Waals surface area contributed by atoms with Gasteiger partial charge < -0.3 is 14.4 Å². The van der Waals surface area contributed by atoms with Crippen molar-refractivity contribution >= 4 is 11.9 Å². The van der Waals surface area contributed by atoms with Crippen molar-refractivity contribution in [1.29, 1.82) is 0 Å². The summed E-state index contributed by atoms with van der Waals surface area (Å²) in [6.07, 6.45) is 3.24. The van der Waals surface area contributed by atoms with E-state index >= 15 is 0 Å². The first-order chi connectivity index (χ1) is 12.1. The molecule has 0 saturated carbocycles. The van der Waals surface area contributed by atoms with Gasteiger partial charge in [0.2, 0.25) is 0 Å². The van der Waals surface area contributed by atoms with Crippen LogP contribution in [0.15, 0.2) is 48.8 Å². The molecule has 0 N–H and O–H groups in total. The summed E-state index contributed by atoms with van der Waals surface area (Å²) in [5.41, 5.74) is 0.462. The molecule has 1 fully saturated rings. The zero-order valence-electron chi connectivity index (χ0n) is 14.2. The minimum atomic E-state index is -0.291. The molecule has 2 aromatic rings.